The van der Waals surface area contributed by atoms with Crippen LogP contribution in [-0.2, 0) is 6.42 Å². The molecule has 0 radical (unpaired) electrons. The first-order valence-corrected chi connectivity index (χ1v) is 6.51. The van der Waals surface area contributed by atoms with Gasteiger partial charge in [0, 0.05) is 23.7 Å². The summed E-state index contributed by atoms with van der Waals surface area (Å²) < 4.78 is 0. The molecule has 0 saturated heterocycles. The number of H-pyrrole nitrogens is 1. The number of hydrogen-bond acceptors (Lipinski definition) is 3. The summed E-state index contributed by atoms with van der Waals surface area (Å²) >= 11 is 0. The van der Waals surface area contributed by atoms with Gasteiger partial charge in [-0.3, -0.25) is 4.79 Å². The van der Waals surface area contributed by atoms with Gasteiger partial charge in [0.2, 0.25) is 0 Å². The number of nitrogens with one attached hydrogen (secondary N) is 1. The Morgan fingerprint density at radius 2 is 2.05 bits per heavy atom. The highest BCUT2D eigenvalue weighted by molar-refractivity contribution is 5.66. The molecule has 2 rings (SSSR count). The molecule has 19 heavy (non-hydrogen) atoms. The minimum absolute atomic E-state index is 0.131. The number of benzene rings is 1. The van der Waals surface area contributed by atoms with Crippen molar-refractivity contribution >= 4 is 5.69 Å². The zero-order chi connectivity index (χ0) is 14.0. The summed E-state index contributed by atoms with van der Waals surface area (Å²) in [5.41, 5.74) is 9.33. The number of aromatic amines is 1. The predicted molar refractivity (Wildman–Crippen MR) is 78.2 cm³/mol. The largest absolute Gasteiger partial charge is 0.398 e. The first-order valence-electron chi connectivity index (χ1n) is 6.51. The SMILES string of the molecule is CCc1nc(-c2ccc(C(C)C)c(N)c2)cc(=O)[nH]1. The molecule has 4 nitrogen and oxygen atoms in total. The number of nitrogens with two attached hydrogens (primary N) is 1. The highest BCUT2D eigenvalue weighted by Gasteiger charge is 2.08. The number of rotatable bonds is 3. The van der Waals surface area contributed by atoms with Crippen LogP contribution in [0.2, 0.25) is 0 Å². The average Bonchev–Trinajstić information content (AvgIpc) is 2.37. The van der Waals surface area contributed by atoms with E-state index in [2.05, 4.69) is 23.8 Å². The molecule has 0 atom stereocenters. The van der Waals surface area contributed by atoms with Crippen LogP contribution in [0.4, 0.5) is 5.69 Å². The molecule has 0 aliphatic heterocycles. The van der Waals surface area contributed by atoms with E-state index in [1.807, 2.05) is 25.1 Å². The second-order valence-corrected chi connectivity index (χ2v) is 4.93. The van der Waals surface area contributed by atoms with Crippen LogP contribution in [0.3, 0.4) is 0 Å². The van der Waals surface area contributed by atoms with Crippen LogP contribution in [0.1, 0.15) is 38.1 Å². The first kappa shape index (κ1) is 13.3. The molecule has 0 fully saturated rings. The van der Waals surface area contributed by atoms with Gasteiger partial charge in [-0.05, 0) is 17.5 Å². The van der Waals surface area contributed by atoms with Gasteiger partial charge in [-0.1, -0.05) is 32.9 Å². The fourth-order valence-corrected chi connectivity index (χ4v) is 2.08. The third-order valence-corrected chi connectivity index (χ3v) is 3.13. The van der Waals surface area contributed by atoms with E-state index in [9.17, 15) is 4.79 Å². The molecule has 2 aromatic rings. The van der Waals surface area contributed by atoms with Crippen LogP contribution < -0.4 is 11.3 Å². The molecular weight excluding hydrogens is 238 g/mol. The number of anilines is 1. The van der Waals surface area contributed by atoms with Crippen molar-refractivity contribution < 1.29 is 0 Å². The molecular formula is C15H19N3O. The van der Waals surface area contributed by atoms with E-state index in [1.165, 1.54) is 6.07 Å². The van der Waals surface area contributed by atoms with Gasteiger partial charge >= 0.3 is 0 Å². The quantitative estimate of drug-likeness (QED) is 0.830. The van der Waals surface area contributed by atoms with Crippen molar-refractivity contribution in [2.24, 2.45) is 0 Å². The fraction of sp³-hybridized carbons (Fsp3) is 0.333. The number of aryl methyl sites for hydroxylation is 1. The molecule has 1 aromatic carbocycles. The van der Waals surface area contributed by atoms with Crippen molar-refractivity contribution in [3.63, 3.8) is 0 Å². The van der Waals surface area contributed by atoms with Gasteiger partial charge in [-0.2, -0.15) is 0 Å². The highest BCUT2D eigenvalue weighted by Crippen LogP contribution is 2.26. The van der Waals surface area contributed by atoms with Crippen molar-refractivity contribution in [3.8, 4) is 11.3 Å². The lowest BCUT2D eigenvalue weighted by molar-refractivity contribution is 0.870. The molecule has 0 amide bonds. The Labute approximate surface area is 112 Å². The van der Waals surface area contributed by atoms with E-state index in [4.69, 9.17) is 5.73 Å². The summed E-state index contributed by atoms with van der Waals surface area (Å²) in [7, 11) is 0. The zero-order valence-electron chi connectivity index (χ0n) is 11.5. The number of nitrogens with zero attached hydrogens (tertiary/aromatic N) is 1. The zero-order valence-corrected chi connectivity index (χ0v) is 11.5. The molecule has 1 aromatic heterocycles. The van der Waals surface area contributed by atoms with E-state index >= 15 is 0 Å². The maximum atomic E-state index is 11.6. The van der Waals surface area contributed by atoms with E-state index < -0.39 is 0 Å². The minimum Gasteiger partial charge on any atom is -0.398 e. The molecule has 0 bridgehead atoms. The summed E-state index contributed by atoms with van der Waals surface area (Å²) in [5.74, 6) is 1.07. The van der Waals surface area contributed by atoms with Crippen molar-refractivity contribution in [3.05, 3.63) is 46.0 Å². The van der Waals surface area contributed by atoms with Crippen LogP contribution in [0.15, 0.2) is 29.1 Å². The van der Waals surface area contributed by atoms with Gasteiger partial charge in [-0.25, -0.2) is 4.98 Å². The molecule has 100 valence electrons. The van der Waals surface area contributed by atoms with E-state index in [1.54, 1.807) is 0 Å². The van der Waals surface area contributed by atoms with Gasteiger partial charge in [0.05, 0.1) is 5.69 Å². The second-order valence-electron chi connectivity index (χ2n) is 4.93. The lowest BCUT2D eigenvalue weighted by Crippen LogP contribution is -2.10. The summed E-state index contributed by atoms with van der Waals surface area (Å²) in [5, 5.41) is 0. The van der Waals surface area contributed by atoms with Crippen LogP contribution in [-0.4, -0.2) is 9.97 Å². The Hall–Kier alpha value is -2.10. The standard InChI is InChI=1S/C15H19N3O/c1-4-14-17-13(8-15(19)18-14)10-5-6-11(9(2)3)12(16)7-10/h5-9H,4,16H2,1-3H3,(H,17,18,19). The average molecular weight is 257 g/mol. The molecule has 0 unspecified atom stereocenters. The Morgan fingerprint density at radius 3 is 2.63 bits per heavy atom. The normalized spacial score (nSPS) is 10.9. The molecule has 3 N–H and O–H groups in total. The highest BCUT2D eigenvalue weighted by atomic mass is 16.1. The Balaban J connectivity index is 2.50. The maximum absolute atomic E-state index is 11.6. The molecule has 4 heteroatoms. The number of aromatic nitrogens is 2. The van der Waals surface area contributed by atoms with E-state index in [0.29, 0.717) is 23.9 Å². The van der Waals surface area contributed by atoms with Gasteiger partial charge in [0.15, 0.2) is 0 Å². The summed E-state index contributed by atoms with van der Waals surface area (Å²) in [6, 6.07) is 7.36. The maximum Gasteiger partial charge on any atom is 0.251 e. The Morgan fingerprint density at radius 1 is 1.32 bits per heavy atom. The summed E-state index contributed by atoms with van der Waals surface area (Å²) in [6.45, 7) is 6.16. The van der Waals surface area contributed by atoms with E-state index in [-0.39, 0.29) is 5.56 Å². The monoisotopic (exact) mass is 257 g/mol. The van der Waals surface area contributed by atoms with Crippen molar-refractivity contribution in [2.45, 2.75) is 33.1 Å². The summed E-state index contributed by atoms with van der Waals surface area (Å²) in [4.78, 5) is 18.7. The van der Waals surface area contributed by atoms with Gasteiger partial charge in [0.1, 0.15) is 5.82 Å². The van der Waals surface area contributed by atoms with Crippen molar-refractivity contribution in [2.75, 3.05) is 5.73 Å². The van der Waals surface area contributed by atoms with Crippen LogP contribution >= 0.6 is 0 Å². The fourth-order valence-electron chi connectivity index (χ4n) is 2.08. The van der Waals surface area contributed by atoms with Crippen molar-refractivity contribution in [1.29, 1.82) is 0 Å². The van der Waals surface area contributed by atoms with Crippen LogP contribution in [0.25, 0.3) is 11.3 Å². The smallest absolute Gasteiger partial charge is 0.251 e. The third kappa shape index (κ3) is 2.84. The molecule has 1 heterocycles. The van der Waals surface area contributed by atoms with Crippen molar-refractivity contribution in [1.82, 2.24) is 9.97 Å². The molecule has 0 saturated carbocycles. The first-order chi connectivity index (χ1) is 9.01. The summed E-state index contributed by atoms with van der Waals surface area (Å²) in [6.07, 6.45) is 0.697. The Kier molecular flexibility index (Phi) is 3.69. The minimum atomic E-state index is -0.131. The second kappa shape index (κ2) is 5.26. The van der Waals surface area contributed by atoms with Gasteiger partial charge in [-0.15, -0.1) is 0 Å². The molecule has 0 aliphatic rings. The molecule has 0 spiro atoms. The Bertz CT molecular complexity index is 644. The van der Waals surface area contributed by atoms with E-state index in [0.717, 1.165) is 16.8 Å². The topological polar surface area (TPSA) is 71.8 Å². The number of hydrogen-bond donors (Lipinski definition) is 2. The predicted octanol–water partition coefficient (Wildman–Crippen LogP) is 2.70. The third-order valence-electron chi connectivity index (χ3n) is 3.13. The van der Waals surface area contributed by atoms with Crippen LogP contribution in [0, 0.1) is 0 Å². The van der Waals surface area contributed by atoms with Gasteiger partial charge in [0.25, 0.3) is 5.56 Å². The molecule has 0 aliphatic carbocycles. The lowest BCUT2D eigenvalue weighted by atomic mass is 9.98. The number of nitrogen functional groups attached to an aromatic ring is 1. The lowest BCUT2D eigenvalue weighted by Gasteiger charge is -2.11. The van der Waals surface area contributed by atoms with Gasteiger partial charge < -0.3 is 10.7 Å². The van der Waals surface area contributed by atoms with Crippen LogP contribution in [0.5, 0.6) is 0 Å².